The van der Waals surface area contributed by atoms with Crippen LogP contribution in [0.4, 0.5) is 0 Å². The van der Waals surface area contributed by atoms with Gasteiger partial charge in [0, 0.05) is 6.42 Å². The topological polar surface area (TPSA) is 88.4 Å². The van der Waals surface area contributed by atoms with Gasteiger partial charge in [-0.05, 0) is 34.9 Å². The molecule has 4 unspecified atom stereocenters. The normalized spacial score (nSPS) is 28.1. The largest absolute Gasteiger partial charge is 0.454 e. The van der Waals surface area contributed by atoms with Gasteiger partial charge in [0.1, 0.15) is 12.2 Å². The lowest BCUT2D eigenvalue weighted by Crippen LogP contribution is -2.47. The number of rotatable bonds is 3. The van der Waals surface area contributed by atoms with Gasteiger partial charge in [-0.2, -0.15) is 0 Å². The zero-order valence-corrected chi connectivity index (χ0v) is 13.5. The zero-order valence-electron chi connectivity index (χ0n) is 13.5. The molecular formula is C19H20O6. The number of aliphatic hydroxyl groups is 3. The van der Waals surface area contributed by atoms with Crippen LogP contribution in [-0.4, -0.2) is 47.0 Å². The summed E-state index contributed by atoms with van der Waals surface area (Å²) in [6, 6.07) is 13.6. The molecule has 4 rings (SSSR count). The fourth-order valence-electron chi connectivity index (χ4n) is 3.31. The maximum Gasteiger partial charge on any atom is 0.231 e. The van der Waals surface area contributed by atoms with E-state index in [4.69, 9.17) is 14.2 Å². The van der Waals surface area contributed by atoms with Crippen molar-refractivity contribution in [2.24, 2.45) is 0 Å². The molecule has 3 N–H and O–H groups in total. The lowest BCUT2D eigenvalue weighted by molar-refractivity contribution is -0.181. The SMILES string of the molecule is OCC1OC(c2cccc(-c3ccc4c(c3)OCO4)c2)CC(O)C1O. The molecule has 0 aromatic heterocycles. The first-order chi connectivity index (χ1) is 12.2. The Bertz CT molecular complexity index is 761. The van der Waals surface area contributed by atoms with Crippen molar-refractivity contribution in [3.05, 3.63) is 48.0 Å². The van der Waals surface area contributed by atoms with Crippen LogP contribution in [0, 0.1) is 0 Å². The Balaban J connectivity index is 1.61. The quantitative estimate of drug-likeness (QED) is 0.784. The molecule has 6 heteroatoms. The van der Waals surface area contributed by atoms with Crippen molar-refractivity contribution in [3.8, 4) is 22.6 Å². The highest BCUT2D eigenvalue weighted by Crippen LogP contribution is 2.37. The summed E-state index contributed by atoms with van der Waals surface area (Å²) >= 11 is 0. The second kappa shape index (κ2) is 6.65. The maximum absolute atomic E-state index is 10.0. The molecule has 25 heavy (non-hydrogen) atoms. The molecule has 4 atom stereocenters. The fraction of sp³-hybridized carbons (Fsp3) is 0.368. The van der Waals surface area contributed by atoms with Crippen LogP contribution >= 0.6 is 0 Å². The molecule has 2 heterocycles. The molecule has 0 amide bonds. The van der Waals surface area contributed by atoms with E-state index in [-0.39, 0.29) is 25.9 Å². The van der Waals surface area contributed by atoms with Crippen LogP contribution < -0.4 is 9.47 Å². The van der Waals surface area contributed by atoms with Crippen molar-refractivity contribution in [2.75, 3.05) is 13.4 Å². The van der Waals surface area contributed by atoms with Crippen molar-refractivity contribution < 1.29 is 29.5 Å². The molecule has 0 radical (unpaired) electrons. The van der Waals surface area contributed by atoms with Crippen molar-refractivity contribution in [3.63, 3.8) is 0 Å². The number of aliphatic hydroxyl groups excluding tert-OH is 3. The summed E-state index contributed by atoms with van der Waals surface area (Å²) in [5.74, 6) is 1.45. The average molecular weight is 344 g/mol. The van der Waals surface area contributed by atoms with Crippen molar-refractivity contribution in [1.29, 1.82) is 0 Å². The van der Waals surface area contributed by atoms with E-state index in [0.717, 1.165) is 28.2 Å². The van der Waals surface area contributed by atoms with Crippen LogP contribution in [0.25, 0.3) is 11.1 Å². The Kier molecular flexibility index (Phi) is 4.35. The van der Waals surface area contributed by atoms with Gasteiger partial charge in [0.05, 0.1) is 18.8 Å². The molecule has 1 fully saturated rings. The first kappa shape index (κ1) is 16.4. The minimum Gasteiger partial charge on any atom is -0.454 e. The molecule has 2 aromatic rings. The van der Waals surface area contributed by atoms with Gasteiger partial charge in [-0.3, -0.25) is 0 Å². The van der Waals surface area contributed by atoms with Crippen LogP contribution in [0.5, 0.6) is 11.5 Å². The summed E-state index contributed by atoms with van der Waals surface area (Å²) < 4.78 is 16.5. The first-order valence-electron chi connectivity index (χ1n) is 8.28. The Hall–Kier alpha value is -2.12. The van der Waals surface area contributed by atoms with Gasteiger partial charge < -0.3 is 29.5 Å². The number of fused-ring (bicyclic) bond motifs is 1. The van der Waals surface area contributed by atoms with Crippen LogP contribution in [-0.2, 0) is 4.74 Å². The molecule has 6 nitrogen and oxygen atoms in total. The van der Waals surface area contributed by atoms with Crippen LogP contribution in [0.3, 0.4) is 0 Å². The lowest BCUT2D eigenvalue weighted by atomic mass is 9.92. The summed E-state index contributed by atoms with van der Waals surface area (Å²) in [5, 5.41) is 29.2. The van der Waals surface area contributed by atoms with Gasteiger partial charge in [-0.25, -0.2) is 0 Å². The molecule has 0 aliphatic carbocycles. The molecule has 0 bridgehead atoms. The highest BCUT2D eigenvalue weighted by molar-refractivity contribution is 5.68. The molecular weight excluding hydrogens is 324 g/mol. The minimum atomic E-state index is -1.07. The Labute approximate surface area is 145 Å². The number of benzene rings is 2. The maximum atomic E-state index is 10.0. The fourth-order valence-corrected chi connectivity index (χ4v) is 3.31. The summed E-state index contributed by atoms with van der Waals surface area (Å²) in [6.07, 6.45) is -2.89. The third-order valence-corrected chi connectivity index (χ3v) is 4.71. The van der Waals surface area contributed by atoms with Gasteiger partial charge in [-0.1, -0.05) is 24.3 Å². The summed E-state index contributed by atoms with van der Waals surface area (Å²) in [7, 11) is 0. The lowest BCUT2D eigenvalue weighted by Gasteiger charge is -2.36. The molecule has 132 valence electrons. The van der Waals surface area contributed by atoms with E-state index in [1.165, 1.54) is 0 Å². The van der Waals surface area contributed by atoms with E-state index in [1.54, 1.807) is 0 Å². The van der Waals surface area contributed by atoms with E-state index in [2.05, 4.69) is 0 Å². The van der Waals surface area contributed by atoms with E-state index in [9.17, 15) is 15.3 Å². The van der Waals surface area contributed by atoms with Crippen LogP contribution in [0.1, 0.15) is 18.1 Å². The molecule has 2 aliphatic rings. The van der Waals surface area contributed by atoms with Gasteiger partial charge in [0.25, 0.3) is 0 Å². The monoisotopic (exact) mass is 344 g/mol. The van der Waals surface area contributed by atoms with Gasteiger partial charge in [0.2, 0.25) is 6.79 Å². The number of hydrogen-bond acceptors (Lipinski definition) is 6. The van der Waals surface area contributed by atoms with E-state index in [0.29, 0.717) is 0 Å². The Morgan fingerprint density at radius 2 is 1.76 bits per heavy atom. The average Bonchev–Trinajstić information content (AvgIpc) is 3.11. The third-order valence-electron chi connectivity index (χ3n) is 4.71. The second-order valence-electron chi connectivity index (χ2n) is 6.33. The molecule has 0 spiro atoms. The standard InChI is InChI=1S/C19H20O6/c20-9-18-19(22)14(21)8-16(25-18)13-3-1-2-11(6-13)12-4-5-15-17(7-12)24-10-23-15/h1-7,14,16,18-22H,8-10H2. The molecule has 1 saturated heterocycles. The predicted octanol–water partition coefficient (Wildman–Crippen LogP) is 1.63. The highest BCUT2D eigenvalue weighted by atomic mass is 16.7. The zero-order chi connectivity index (χ0) is 17.4. The van der Waals surface area contributed by atoms with Crippen LogP contribution in [0.2, 0.25) is 0 Å². The van der Waals surface area contributed by atoms with Gasteiger partial charge in [0.15, 0.2) is 11.5 Å². The van der Waals surface area contributed by atoms with E-state index in [1.807, 2.05) is 42.5 Å². The molecule has 2 aromatic carbocycles. The Morgan fingerprint density at radius 3 is 2.60 bits per heavy atom. The highest BCUT2D eigenvalue weighted by Gasteiger charge is 2.36. The third kappa shape index (κ3) is 3.09. The second-order valence-corrected chi connectivity index (χ2v) is 6.33. The molecule has 2 aliphatic heterocycles. The smallest absolute Gasteiger partial charge is 0.231 e. The Morgan fingerprint density at radius 1 is 0.960 bits per heavy atom. The van der Waals surface area contributed by atoms with Crippen molar-refractivity contribution >= 4 is 0 Å². The van der Waals surface area contributed by atoms with Gasteiger partial charge >= 0.3 is 0 Å². The van der Waals surface area contributed by atoms with Crippen LogP contribution in [0.15, 0.2) is 42.5 Å². The summed E-state index contributed by atoms with van der Waals surface area (Å²) in [6.45, 7) is -0.103. The number of ether oxygens (including phenoxy) is 3. The molecule has 0 saturated carbocycles. The summed E-state index contributed by atoms with van der Waals surface area (Å²) in [4.78, 5) is 0. The van der Waals surface area contributed by atoms with E-state index >= 15 is 0 Å². The predicted molar refractivity (Wildman–Crippen MR) is 89.3 cm³/mol. The van der Waals surface area contributed by atoms with Crippen molar-refractivity contribution in [2.45, 2.75) is 30.8 Å². The number of hydrogen-bond donors (Lipinski definition) is 3. The minimum absolute atomic E-state index is 0.234. The van der Waals surface area contributed by atoms with Gasteiger partial charge in [-0.15, -0.1) is 0 Å². The van der Waals surface area contributed by atoms with Crippen molar-refractivity contribution in [1.82, 2.24) is 0 Å². The summed E-state index contributed by atoms with van der Waals surface area (Å²) in [5.41, 5.74) is 2.86. The van der Waals surface area contributed by atoms with E-state index < -0.39 is 18.3 Å². The first-order valence-corrected chi connectivity index (χ1v) is 8.28.